The predicted molar refractivity (Wildman–Crippen MR) is 78.0 cm³/mol. The smallest absolute Gasteiger partial charge is 0.161 e. The van der Waals surface area contributed by atoms with Crippen molar-refractivity contribution in [2.75, 3.05) is 19.8 Å². The molecule has 5 nitrogen and oxygen atoms in total. The minimum absolute atomic E-state index is 0.592. The lowest BCUT2D eigenvalue weighted by molar-refractivity contribution is 0.275. The van der Waals surface area contributed by atoms with E-state index in [-0.39, 0.29) is 0 Å². The molecule has 2 aromatic rings. The Morgan fingerprint density at radius 1 is 1.20 bits per heavy atom. The average Bonchev–Trinajstić information content (AvgIpc) is 2.86. The van der Waals surface area contributed by atoms with Gasteiger partial charge in [0.25, 0.3) is 0 Å². The van der Waals surface area contributed by atoms with E-state index in [1.807, 2.05) is 49.0 Å². The van der Waals surface area contributed by atoms with Gasteiger partial charge in [-0.1, -0.05) is 12.1 Å². The highest BCUT2D eigenvalue weighted by atomic mass is 16.5. The molecule has 1 aromatic carbocycles. The third-order valence-corrected chi connectivity index (χ3v) is 2.89. The van der Waals surface area contributed by atoms with Crippen LogP contribution in [-0.4, -0.2) is 29.3 Å². The van der Waals surface area contributed by atoms with Gasteiger partial charge in [-0.05, 0) is 19.1 Å². The first-order chi connectivity index (χ1) is 9.81. The van der Waals surface area contributed by atoms with Gasteiger partial charge in [0.05, 0.1) is 13.2 Å². The fraction of sp³-hybridized carbons (Fsp3) is 0.400. The summed E-state index contributed by atoms with van der Waals surface area (Å²) in [4.78, 5) is 4.25. The SMILES string of the molecule is CCOc1ccccc1OCCNCc1nccn1C. The lowest BCUT2D eigenvalue weighted by atomic mass is 10.3. The standard InChI is InChI=1S/C15H21N3O2/c1-3-19-13-6-4-5-7-14(13)20-11-9-16-12-15-17-8-10-18(15)2/h4-8,10,16H,3,9,11-12H2,1-2H3. The summed E-state index contributed by atoms with van der Waals surface area (Å²) in [7, 11) is 1.98. The van der Waals surface area contributed by atoms with Crippen molar-refractivity contribution in [2.45, 2.75) is 13.5 Å². The second kappa shape index (κ2) is 7.55. The zero-order valence-corrected chi connectivity index (χ0v) is 12.0. The van der Waals surface area contributed by atoms with Gasteiger partial charge in [0.2, 0.25) is 0 Å². The van der Waals surface area contributed by atoms with Crippen LogP contribution >= 0.6 is 0 Å². The van der Waals surface area contributed by atoms with E-state index in [1.165, 1.54) is 0 Å². The van der Waals surface area contributed by atoms with Crippen LogP contribution in [0.4, 0.5) is 0 Å². The van der Waals surface area contributed by atoms with Crippen LogP contribution in [0.2, 0.25) is 0 Å². The zero-order valence-electron chi connectivity index (χ0n) is 12.0. The lowest BCUT2D eigenvalue weighted by Gasteiger charge is -2.11. The number of aromatic nitrogens is 2. The van der Waals surface area contributed by atoms with Gasteiger partial charge in [0.1, 0.15) is 12.4 Å². The number of ether oxygens (including phenoxy) is 2. The highest BCUT2D eigenvalue weighted by Crippen LogP contribution is 2.25. The molecule has 0 atom stereocenters. The van der Waals surface area contributed by atoms with Gasteiger partial charge in [0.15, 0.2) is 11.5 Å². The Labute approximate surface area is 119 Å². The molecular formula is C15H21N3O2. The predicted octanol–water partition coefficient (Wildman–Crippen LogP) is 1.99. The molecule has 0 spiro atoms. The number of nitrogens with zero attached hydrogens (tertiary/aromatic N) is 2. The van der Waals surface area contributed by atoms with Crippen LogP contribution < -0.4 is 14.8 Å². The molecule has 0 saturated heterocycles. The maximum Gasteiger partial charge on any atom is 0.161 e. The van der Waals surface area contributed by atoms with Crippen molar-refractivity contribution in [1.82, 2.24) is 14.9 Å². The Bertz CT molecular complexity index is 525. The van der Waals surface area contributed by atoms with Gasteiger partial charge in [0, 0.05) is 26.0 Å². The molecule has 0 aliphatic heterocycles. The minimum Gasteiger partial charge on any atom is -0.490 e. The first-order valence-electron chi connectivity index (χ1n) is 6.82. The van der Waals surface area contributed by atoms with E-state index in [2.05, 4.69) is 10.3 Å². The van der Waals surface area contributed by atoms with Crippen LogP contribution in [0.25, 0.3) is 0 Å². The normalized spacial score (nSPS) is 10.5. The van der Waals surface area contributed by atoms with Gasteiger partial charge < -0.3 is 19.4 Å². The van der Waals surface area contributed by atoms with Crippen molar-refractivity contribution in [3.05, 3.63) is 42.5 Å². The molecular weight excluding hydrogens is 254 g/mol. The average molecular weight is 275 g/mol. The second-order valence-electron chi connectivity index (χ2n) is 4.36. The Morgan fingerprint density at radius 2 is 1.95 bits per heavy atom. The summed E-state index contributed by atoms with van der Waals surface area (Å²) in [5.74, 6) is 2.59. The number of para-hydroxylation sites is 2. The topological polar surface area (TPSA) is 48.3 Å². The quantitative estimate of drug-likeness (QED) is 0.748. The molecule has 5 heteroatoms. The molecule has 0 aliphatic carbocycles. The number of hydrogen-bond acceptors (Lipinski definition) is 4. The molecule has 0 amide bonds. The maximum absolute atomic E-state index is 5.72. The fourth-order valence-corrected chi connectivity index (χ4v) is 1.84. The van der Waals surface area contributed by atoms with Crippen LogP contribution in [-0.2, 0) is 13.6 Å². The van der Waals surface area contributed by atoms with E-state index in [0.29, 0.717) is 13.2 Å². The van der Waals surface area contributed by atoms with Crippen LogP contribution in [0.5, 0.6) is 11.5 Å². The van der Waals surface area contributed by atoms with Gasteiger partial charge in [-0.15, -0.1) is 0 Å². The summed E-state index contributed by atoms with van der Waals surface area (Å²) in [6, 6.07) is 7.72. The fourth-order valence-electron chi connectivity index (χ4n) is 1.84. The molecule has 0 fully saturated rings. The van der Waals surface area contributed by atoms with Gasteiger partial charge in [-0.2, -0.15) is 0 Å². The second-order valence-corrected chi connectivity index (χ2v) is 4.36. The largest absolute Gasteiger partial charge is 0.490 e. The number of imidazole rings is 1. The summed E-state index contributed by atoms with van der Waals surface area (Å²) in [5.41, 5.74) is 0. The molecule has 0 aliphatic rings. The van der Waals surface area contributed by atoms with Crippen molar-refractivity contribution in [3.63, 3.8) is 0 Å². The number of rotatable bonds is 8. The third-order valence-electron chi connectivity index (χ3n) is 2.89. The van der Waals surface area contributed by atoms with E-state index in [1.54, 1.807) is 6.20 Å². The minimum atomic E-state index is 0.592. The van der Waals surface area contributed by atoms with E-state index < -0.39 is 0 Å². The molecule has 20 heavy (non-hydrogen) atoms. The van der Waals surface area contributed by atoms with Crippen LogP contribution in [0, 0.1) is 0 Å². The van der Waals surface area contributed by atoms with Crippen LogP contribution in [0.1, 0.15) is 12.7 Å². The molecule has 1 heterocycles. The maximum atomic E-state index is 5.72. The summed E-state index contributed by atoms with van der Waals surface area (Å²) in [6.45, 7) is 4.69. The zero-order chi connectivity index (χ0) is 14.2. The summed E-state index contributed by atoms with van der Waals surface area (Å²) in [6.07, 6.45) is 3.73. The Balaban J connectivity index is 1.72. The van der Waals surface area contributed by atoms with Gasteiger partial charge in [-0.3, -0.25) is 0 Å². The van der Waals surface area contributed by atoms with Gasteiger partial charge >= 0.3 is 0 Å². The van der Waals surface area contributed by atoms with Crippen molar-refractivity contribution in [3.8, 4) is 11.5 Å². The lowest BCUT2D eigenvalue weighted by Crippen LogP contribution is -2.22. The Hall–Kier alpha value is -2.01. The van der Waals surface area contributed by atoms with Crippen LogP contribution in [0.15, 0.2) is 36.7 Å². The monoisotopic (exact) mass is 275 g/mol. The molecule has 2 rings (SSSR count). The molecule has 0 bridgehead atoms. The third kappa shape index (κ3) is 3.99. The van der Waals surface area contributed by atoms with Crippen molar-refractivity contribution >= 4 is 0 Å². The van der Waals surface area contributed by atoms with E-state index in [9.17, 15) is 0 Å². The molecule has 0 radical (unpaired) electrons. The molecule has 1 N–H and O–H groups in total. The highest BCUT2D eigenvalue weighted by Gasteiger charge is 2.03. The van der Waals surface area contributed by atoms with E-state index >= 15 is 0 Å². The summed E-state index contributed by atoms with van der Waals surface area (Å²) in [5, 5.41) is 3.30. The Morgan fingerprint density at radius 3 is 2.60 bits per heavy atom. The molecule has 0 unspecified atom stereocenters. The van der Waals surface area contributed by atoms with Crippen LogP contribution in [0.3, 0.4) is 0 Å². The number of aryl methyl sites for hydroxylation is 1. The number of nitrogens with one attached hydrogen (secondary N) is 1. The van der Waals surface area contributed by atoms with Crippen molar-refractivity contribution in [2.24, 2.45) is 7.05 Å². The van der Waals surface area contributed by atoms with Gasteiger partial charge in [-0.25, -0.2) is 4.98 Å². The van der Waals surface area contributed by atoms with E-state index in [4.69, 9.17) is 9.47 Å². The number of hydrogen-bond donors (Lipinski definition) is 1. The summed E-state index contributed by atoms with van der Waals surface area (Å²) < 4.78 is 13.2. The Kier molecular flexibility index (Phi) is 5.43. The van der Waals surface area contributed by atoms with Crippen molar-refractivity contribution < 1.29 is 9.47 Å². The highest BCUT2D eigenvalue weighted by molar-refractivity contribution is 5.39. The number of benzene rings is 1. The van der Waals surface area contributed by atoms with E-state index in [0.717, 1.165) is 30.4 Å². The summed E-state index contributed by atoms with van der Waals surface area (Å²) >= 11 is 0. The molecule has 108 valence electrons. The molecule has 0 saturated carbocycles. The first kappa shape index (κ1) is 14.4. The molecule has 1 aromatic heterocycles. The van der Waals surface area contributed by atoms with Crippen molar-refractivity contribution in [1.29, 1.82) is 0 Å². The first-order valence-corrected chi connectivity index (χ1v) is 6.82.